The lowest BCUT2D eigenvalue weighted by Crippen LogP contribution is -2.46. The highest BCUT2D eigenvalue weighted by Crippen LogP contribution is 2.39. The normalized spacial score (nSPS) is 21.8. The molecule has 2 heterocycles. The van der Waals surface area contributed by atoms with Crippen molar-refractivity contribution in [3.05, 3.63) is 64.1 Å². The quantitative estimate of drug-likeness (QED) is 0.682. The minimum Gasteiger partial charge on any atom is -0.406 e. The monoisotopic (exact) mass is 471 g/mol. The van der Waals surface area contributed by atoms with E-state index >= 15 is 0 Å². The predicted molar refractivity (Wildman–Crippen MR) is 104 cm³/mol. The van der Waals surface area contributed by atoms with Crippen LogP contribution < -0.4 is 10.1 Å². The van der Waals surface area contributed by atoms with E-state index < -0.39 is 11.9 Å². The van der Waals surface area contributed by atoms with Crippen LogP contribution in [0.1, 0.15) is 11.1 Å². The second-order valence-corrected chi connectivity index (χ2v) is 7.40. The Bertz CT molecular complexity index is 952. The average molecular weight is 472 g/mol. The van der Waals surface area contributed by atoms with Crippen molar-refractivity contribution in [2.45, 2.75) is 11.9 Å². The van der Waals surface area contributed by atoms with Gasteiger partial charge < -0.3 is 10.1 Å². The van der Waals surface area contributed by atoms with E-state index in [1.54, 1.807) is 12.1 Å². The number of amidine groups is 1. The Morgan fingerprint density at radius 1 is 1.18 bits per heavy atom. The summed E-state index contributed by atoms with van der Waals surface area (Å²) in [6.45, 7) is 0.833. The van der Waals surface area contributed by atoms with Gasteiger partial charge in [-0.25, -0.2) is 0 Å². The number of rotatable bonds is 3. The van der Waals surface area contributed by atoms with Crippen molar-refractivity contribution in [2.75, 3.05) is 13.2 Å². The Morgan fingerprint density at radius 2 is 1.93 bits per heavy atom. The molecule has 2 aromatic rings. The number of aliphatic imine (C=N–C) groups is 1. The van der Waals surface area contributed by atoms with Crippen LogP contribution >= 0.6 is 28.1 Å². The number of fused-ring (bicyclic) bond motifs is 1. The number of thiocarbonyl (C=S) groups is 1. The maximum absolute atomic E-state index is 12.5. The molecule has 5 nitrogen and oxygen atoms in total. The van der Waals surface area contributed by atoms with Gasteiger partial charge in [-0.1, -0.05) is 40.2 Å². The van der Waals surface area contributed by atoms with Crippen molar-refractivity contribution < 1.29 is 22.7 Å². The molecule has 2 aliphatic rings. The third-order valence-corrected chi connectivity index (χ3v) is 5.12. The van der Waals surface area contributed by atoms with Crippen LogP contribution in [0, 0.1) is 0 Å². The van der Waals surface area contributed by atoms with Gasteiger partial charge >= 0.3 is 6.36 Å². The summed E-state index contributed by atoms with van der Waals surface area (Å²) in [4.78, 5) is 10.2. The molecular formula is C18H13BrF3N3O2S. The topological polar surface area (TPSA) is 46.1 Å². The van der Waals surface area contributed by atoms with Gasteiger partial charge in [0.05, 0.1) is 13.2 Å². The SMILES string of the molecule is FC(F)(F)Oc1ccc(C2(c3cccc(Br)c3)NC(=S)N3OCCN=C32)cc1. The van der Waals surface area contributed by atoms with Gasteiger partial charge in [-0.3, -0.25) is 9.83 Å². The lowest BCUT2D eigenvalue weighted by molar-refractivity contribution is -0.274. The highest BCUT2D eigenvalue weighted by molar-refractivity contribution is 9.10. The number of halogens is 4. The third-order valence-electron chi connectivity index (χ3n) is 4.36. The summed E-state index contributed by atoms with van der Waals surface area (Å²) in [5.74, 6) is 0.228. The molecule has 0 aromatic heterocycles. The average Bonchev–Trinajstić information content (AvgIpc) is 2.95. The van der Waals surface area contributed by atoms with E-state index in [0.29, 0.717) is 29.7 Å². The Kier molecular flexibility index (Phi) is 4.80. The number of hydrogen-bond acceptors (Lipinski definition) is 4. The van der Waals surface area contributed by atoms with Crippen LogP contribution in [0.4, 0.5) is 13.2 Å². The zero-order valence-electron chi connectivity index (χ0n) is 14.2. The molecule has 0 spiro atoms. The molecule has 1 atom stereocenters. The van der Waals surface area contributed by atoms with Crippen molar-refractivity contribution in [2.24, 2.45) is 4.99 Å². The Labute approximate surface area is 172 Å². The predicted octanol–water partition coefficient (Wildman–Crippen LogP) is 4.13. The van der Waals surface area contributed by atoms with Gasteiger partial charge in [0.15, 0.2) is 11.4 Å². The molecular weight excluding hydrogens is 459 g/mol. The standard InChI is InChI=1S/C18H13BrF3N3O2S/c19-13-3-1-2-12(10-13)17(15-23-8-9-26-25(15)16(28)24-17)11-4-6-14(7-5-11)27-18(20,21)22/h1-7,10H,8-9H2,(H,24,28). The first-order chi connectivity index (χ1) is 13.3. The number of hydroxylamine groups is 2. The summed E-state index contributed by atoms with van der Waals surface area (Å²) in [7, 11) is 0. The van der Waals surface area contributed by atoms with Gasteiger partial charge in [-0.2, -0.15) is 5.06 Å². The molecule has 1 unspecified atom stereocenters. The van der Waals surface area contributed by atoms with Crippen molar-refractivity contribution in [1.29, 1.82) is 0 Å². The summed E-state index contributed by atoms with van der Waals surface area (Å²) in [6.07, 6.45) is -4.76. The molecule has 0 radical (unpaired) electrons. The fraction of sp³-hybridized carbons (Fsp3) is 0.222. The number of ether oxygens (including phenoxy) is 1. The first-order valence-electron chi connectivity index (χ1n) is 8.22. The first kappa shape index (κ1) is 19.2. The molecule has 0 bridgehead atoms. The highest BCUT2D eigenvalue weighted by Gasteiger charge is 2.51. The second-order valence-electron chi connectivity index (χ2n) is 6.10. The van der Waals surface area contributed by atoms with Crippen molar-refractivity contribution >= 4 is 39.1 Å². The van der Waals surface area contributed by atoms with E-state index in [0.717, 1.165) is 10.0 Å². The number of nitrogens with one attached hydrogen (secondary N) is 1. The molecule has 2 aromatic carbocycles. The van der Waals surface area contributed by atoms with E-state index in [2.05, 4.69) is 31.0 Å². The van der Waals surface area contributed by atoms with Crippen LogP contribution in [0.15, 0.2) is 58.0 Å². The van der Waals surface area contributed by atoms with Crippen molar-refractivity contribution in [1.82, 2.24) is 10.4 Å². The van der Waals surface area contributed by atoms with Gasteiger partial charge in [0.25, 0.3) is 0 Å². The van der Waals surface area contributed by atoms with Gasteiger partial charge in [-0.15, -0.1) is 13.2 Å². The van der Waals surface area contributed by atoms with Crippen LogP contribution in [0.2, 0.25) is 0 Å². The molecule has 28 heavy (non-hydrogen) atoms. The Hall–Kier alpha value is -2.17. The zero-order valence-corrected chi connectivity index (χ0v) is 16.6. The molecule has 0 aliphatic carbocycles. The van der Waals surface area contributed by atoms with Crippen molar-refractivity contribution in [3.63, 3.8) is 0 Å². The molecule has 1 fully saturated rings. The van der Waals surface area contributed by atoms with Gasteiger partial charge in [0, 0.05) is 4.47 Å². The van der Waals surface area contributed by atoms with E-state index in [1.165, 1.54) is 17.2 Å². The van der Waals surface area contributed by atoms with Crippen molar-refractivity contribution in [3.8, 4) is 5.75 Å². The molecule has 1 saturated heterocycles. The minimum atomic E-state index is -4.76. The molecule has 2 aliphatic heterocycles. The number of benzene rings is 2. The van der Waals surface area contributed by atoms with E-state index in [9.17, 15) is 13.2 Å². The summed E-state index contributed by atoms with van der Waals surface area (Å²) < 4.78 is 42.3. The van der Waals surface area contributed by atoms with Crippen LogP contribution in [-0.2, 0) is 10.4 Å². The number of nitrogens with zero attached hydrogens (tertiary/aromatic N) is 2. The summed E-state index contributed by atoms with van der Waals surface area (Å²) in [5.41, 5.74) is 0.451. The minimum absolute atomic E-state index is 0.306. The molecule has 146 valence electrons. The summed E-state index contributed by atoms with van der Waals surface area (Å²) in [5, 5.41) is 5.04. The largest absolute Gasteiger partial charge is 0.573 e. The number of alkyl halides is 3. The van der Waals surface area contributed by atoms with Crippen LogP contribution in [0.25, 0.3) is 0 Å². The third kappa shape index (κ3) is 3.36. The molecule has 10 heteroatoms. The van der Waals surface area contributed by atoms with E-state index in [1.807, 2.05) is 24.3 Å². The van der Waals surface area contributed by atoms with Crippen LogP contribution in [-0.4, -0.2) is 35.5 Å². The smallest absolute Gasteiger partial charge is 0.406 e. The fourth-order valence-corrected chi connectivity index (χ4v) is 3.99. The Balaban J connectivity index is 1.85. The highest BCUT2D eigenvalue weighted by atomic mass is 79.9. The summed E-state index contributed by atoms with van der Waals surface area (Å²) >= 11 is 8.88. The molecule has 4 rings (SSSR count). The molecule has 0 amide bonds. The maximum atomic E-state index is 12.5. The van der Waals surface area contributed by atoms with E-state index in [4.69, 9.17) is 17.1 Å². The first-order valence-corrected chi connectivity index (χ1v) is 9.42. The van der Waals surface area contributed by atoms with Gasteiger partial charge in [0.1, 0.15) is 5.75 Å². The molecule has 1 N–H and O–H groups in total. The van der Waals surface area contributed by atoms with E-state index in [-0.39, 0.29) is 5.75 Å². The lowest BCUT2D eigenvalue weighted by Gasteiger charge is -2.32. The maximum Gasteiger partial charge on any atom is 0.573 e. The van der Waals surface area contributed by atoms with Crippen LogP contribution in [0.5, 0.6) is 5.75 Å². The lowest BCUT2D eigenvalue weighted by atomic mass is 9.82. The number of hydrogen-bond donors (Lipinski definition) is 1. The Morgan fingerprint density at radius 3 is 2.61 bits per heavy atom. The van der Waals surface area contributed by atoms with Crippen LogP contribution in [0.3, 0.4) is 0 Å². The molecule has 0 saturated carbocycles. The summed E-state index contributed by atoms with van der Waals surface area (Å²) in [6, 6.07) is 13.2. The van der Waals surface area contributed by atoms with Gasteiger partial charge in [0.2, 0.25) is 5.11 Å². The fourth-order valence-electron chi connectivity index (χ4n) is 3.30. The zero-order chi connectivity index (χ0) is 19.9. The second kappa shape index (κ2) is 7.02. The van der Waals surface area contributed by atoms with Gasteiger partial charge in [-0.05, 0) is 47.6 Å².